The Kier molecular flexibility index (Phi) is 3.13. The lowest BCUT2D eigenvalue weighted by Crippen LogP contribution is -2.02. The van der Waals surface area contributed by atoms with Crippen LogP contribution in [0.5, 0.6) is 0 Å². The molecule has 0 saturated heterocycles. The summed E-state index contributed by atoms with van der Waals surface area (Å²) >= 11 is 0. The van der Waals surface area contributed by atoms with Gasteiger partial charge in [-0.15, -0.1) is 0 Å². The first-order valence-electron chi connectivity index (χ1n) is 3.23. The van der Waals surface area contributed by atoms with E-state index in [2.05, 4.69) is 4.74 Å². The molecule has 0 heterocycles. The summed E-state index contributed by atoms with van der Waals surface area (Å²) in [6.07, 6.45) is 3.26. The highest BCUT2D eigenvalue weighted by Gasteiger charge is 2.04. The van der Waals surface area contributed by atoms with E-state index < -0.39 is 0 Å². The number of hydrogen-bond acceptors (Lipinski definition) is 2. The highest BCUT2D eigenvalue weighted by Crippen LogP contribution is 2.13. The van der Waals surface area contributed by atoms with Crippen LogP contribution in [0.1, 0.15) is 20.8 Å². The third kappa shape index (κ3) is 5.35. The minimum atomic E-state index is -0.296. The zero-order chi connectivity index (χ0) is 8.20. The molecule has 0 saturated carbocycles. The number of ether oxygens (including phenoxy) is 1. The average Bonchev–Trinajstić information content (AvgIpc) is 1.81. The van der Waals surface area contributed by atoms with Gasteiger partial charge in [0.1, 0.15) is 0 Å². The van der Waals surface area contributed by atoms with Crippen molar-refractivity contribution in [2.75, 3.05) is 7.11 Å². The maximum Gasteiger partial charge on any atom is 0.330 e. The van der Waals surface area contributed by atoms with Gasteiger partial charge >= 0.3 is 5.97 Å². The Labute approximate surface area is 61.9 Å². The van der Waals surface area contributed by atoms with Gasteiger partial charge in [0.25, 0.3) is 0 Å². The van der Waals surface area contributed by atoms with Gasteiger partial charge in [0.2, 0.25) is 0 Å². The van der Waals surface area contributed by atoms with Crippen LogP contribution in [0.15, 0.2) is 12.2 Å². The molecule has 0 unspecified atom stereocenters. The fourth-order valence-electron chi connectivity index (χ4n) is 0.386. The molecule has 0 fully saturated rings. The van der Waals surface area contributed by atoms with E-state index in [1.165, 1.54) is 13.2 Å². The average molecular weight is 142 g/mol. The SMILES string of the molecule is COC(=O)C=CC(C)(C)C. The predicted octanol–water partition coefficient (Wildman–Crippen LogP) is 1.76. The van der Waals surface area contributed by atoms with Gasteiger partial charge in [0, 0.05) is 6.08 Å². The molecule has 0 atom stereocenters. The van der Waals surface area contributed by atoms with Crippen molar-refractivity contribution < 1.29 is 9.53 Å². The van der Waals surface area contributed by atoms with Crippen LogP contribution in [-0.4, -0.2) is 13.1 Å². The molecule has 0 aromatic heterocycles. The van der Waals surface area contributed by atoms with Gasteiger partial charge < -0.3 is 4.74 Å². The van der Waals surface area contributed by atoms with Gasteiger partial charge in [-0.2, -0.15) is 0 Å². The topological polar surface area (TPSA) is 26.3 Å². The molecule has 2 nitrogen and oxygen atoms in total. The van der Waals surface area contributed by atoms with Crippen LogP contribution >= 0.6 is 0 Å². The van der Waals surface area contributed by atoms with Crippen molar-refractivity contribution in [3.63, 3.8) is 0 Å². The molecular formula is C8H14O2. The van der Waals surface area contributed by atoms with Crippen molar-refractivity contribution in [1.29, 1.82) is 0 Å². The number of carbonyl (C=O) groups is 1. The van der Waals surface area contributed by atoms with Gasteiger partial charge in [0.15, 0.2) is 0 Å². The molecular weight excluding hydrogens is 128 g/mol. The largest absolute Gasteiger partial charge is 0.466 e. The summed E-state index contributed by atoms with van der Waals surface area (Å²) in [7, 11) is 1.37. The Morgan fingerprint density at radius 3 is 2.20 bits per heavy atom. The number of methoxy groups -OCH3 is 1. The molecule has 0 rings (SSSR count). The number of rotatable bonds is 1. The Morgan fingerprint density at radius 1 is 1.40 bits per heavy atom. The summed E-state index contributed by atoms with van der Waals surface area (Å²) in [4.78, 5) is 10.5. The highest BCUT2D eigenvalue weighted by molar-refractivity contribution is 5.81. The second-order valence-corrected chi connectivity index (χ2v) is 3.22. The van der Waals surface area contributed by atoms with E-state index >= 15 is 0 Å². The monoisotopic (exact) mass is 142 g/mol. The molecule has 2 heteroatoms. The Hall–Kier alpha value is -0.790. The summed E-state index contributed by atoms with van der Waals surface area (Å²) in [5, 5.41) is 0. The van der Waals surface area contributed by atoms with Crippen LogP contribution in [0.3, 0.4) is 0 Å². The first-order valence-corrected chi connectivity index (χ1v) is 3.23. The molecule has 0 aliphatic rings. The Morgan fingerprint density at radius 2 is 1.90 bits per heavy atom. The van der Waals surface area contributed by atoms with E-state index in [4.69, 9.17) is 0 Å². The van der Waals surface area contributed by atoms with Gasteiger partial charge in [0.05, 0.1) is 7.11 Å². The van der Waals surface area contributed by atoms with E-state index in [1.54, 1.807) is 0 Å². The first kappa shape index (κ1) is 9.21. The molecule has 0 spiro atoms. The van der Waals surface area contributed by atoms with Crippen LogP contribution in [0.4, 0.5) is 0 Å². The minimum Gasteiger partial charge on any atom is -0.466 e. The Balaban J connectivity index is 3.88. The summed E-state index contributed by atoms with van der Waals surface area (Å²) in [6.45, 7) is 6.06. The van der Waals surface area contributed by atoms with Crippen molar-refractivity contribution in [3.8, 4) is 0 Å². The van der Waals surface area contributed by atoms with Crippen LogP contribution in [0.2, 0.25) is 0 Å². The third-order valence-corrected chi connectivity index (χ3v) is 0.921. The van der Waals surface area contributed by atoms with Crippen molar-refractivity contribution in [3.05, 3.63) is 12.2 Å². The number of allylic oxidation sites excluding steroid dienone is 1. The van der Waals surface area contributed by atoms with Gasteiger partial charge in [-0.1, -0.05) is 26.8 Å². The zero-order valence-electron chi connectivity index (χ0n) is 6.97. The predicted molar refractivity (Wildman–Crippen MR) is 40.6 cm³/mol. The molecule has 0 N–H and O–H groups in total. The second kappa shape index (κ2) is 3.40. The fraction of sp³-hybridized carbons (Fsp3) is 0.625. The van der Waals surface area contributed by atoms with Crippen LogP contribution < -0.4 is 0 Å². The quantitative estimate of drug-likeness (QED) is 0.412. The lowest BCUT2D eigenvalue weighted by Gasteiger charge is -2.09. The second-order valence-electron chi connectivity index (χ2n) is 3.22. The van der Waals surface area contributed by atoms with E-state index in [-0.39, 0.29) is 11.4 Å². The van der Waals surface area contributed by atoms with Crippen LogP contribution in [0, 0.1) is 5.41 Å². The van der Waals surface area contributed by atoms with Crippen LogP contribution in [0.25, 0.3) is 0 Å². The van der Waals surface area contributed by atoms with E-state index in [1.807, 2.05) is 26.8 Å². The van der Waals surface area contributed by atoms with E-state index in [0.29, 0.717) is 0 Å². The molecule has 10 heavy (non-hydrogen) atoms. The summed E-state index contributed by atoms with van der Waals surface area (Å²) < 4.78 is 4.42. The lowest BCUT2D eigenvalue weighted by molar-refractivity contribution is -0.134. The third-order valence-electron chi connectivity index (χ3n) is 0.921. The summed E-state index contributed by atoms with van der Waals surface area (Å²) in [5.74, 6) is -0.296. The summed E-state index contributed by atoms with van der Waals surface area (Å²) in [6, 6.07) is 0. The number of hydrogen-bond donors (Lipinski definition) is 0. The normalized spacial score (nSPS) is 12.0. The first-order chi connectivity index (χ1) is 4.45. The van der Waals surface area contributed by atoms with E-state index in [9.17, 15) is 4.79 Å². The number of esters is 1. The maximum absolute atomic E-state index is 10.5. The zero-order valence-corrected chi connectivity index (χ0v) is 6.97. The lowest BCUT2D eigenvalue weighted by atomic mass is 9.96. The molecule has 0 aliphatic carbocycles. The van der Waals surface area contributed by atoms with Gasteiger partial charge in [-0.3, -0.25) is 0 Å². The smallest absolute Gasteiger partial charge is 0.330 e. The van der Waals surface area contributed by atoms with Crippen molar-refractivity contribution in [1.82, 2.24) is 0 Å². The Bertz CT molecular complexity index is 140. The maximum atomic E-state index is 10.5. The molecule has 0 aromatic rings. The molecule has 0 bridgehead atoms. The van der Waals surface area contributed by atoms with Gasteiger partial charge in [-0.25, -0.2) is 4.79 Å². The van der Waals surface area contributed by atoms with Crippen molar-refractivity contribution in [2.24, 2.45) is 5.41 Å². The molecule has 0 aromatic carbocycles. The minimum absolute atomic E-state index is 0.0498. The molecule has 0 aliphatic heterocycles. The summed E-state index contributed by atoms with van der Waals surface area (Å²) in [5.41, 5.74) is 0.0498. The van der Waals surface area contributed by atoms with Gasteiger partial charge in [-0.05, 0) is 5.41 Å². The van der Waals surface area contributed by atoms with Crippen LogP contribution in [-0.2, 0) is 9.53 Å². The standard InChI is InChI=1S/C8H14O2/c1-8(2,3)6-5-7(9)10-4/h5-6H,1-4H3. The molecule has 0 radical (unpaired) electrons. The number of carbonyl (C=O) groups excluding carboxylic acids is 1. The highest BCUT2D eigenvalue weighted by atomic mass is 16.5. The van der Waals surface area contributed by atoms with Crippen molar-refractivity contribution in [2.45, 2.75) is 20.8 Å². The van der Waals surface area contributed by atoms with E-state index in [0.717, 1.165) is 0 Å². The molecule has 58 valence electrons. The van der Waals surface area contributed by atoms with Crippen molar-refractivity contribution >= 4 is 5.97 Å². The molecule has 0 amide bonds. The fourth-order valence-corrected chi connectivity index (χ4v) is 0.386.